The van der Waals surface area contributed by atoms with Gasteiger partial charge in [0.25, 0.3) is 0 Å². The zero-order valence-electron chi connectivity index (χ0n) is 17.1. The summed E-state index contributed by atoms with van der Waals surface area (Å²) in [6, 6.07) is 0. The van der Waals surface area contributed by atoms with E-state index in [-0.39, 0.29) is 16.9 Å². The van der Waals surface area contributed by atoms with Crippen LogP contribution in [0.1, 0.15) is 69.5 Å². The van der Waals surface area contributed by atoms with Crippen LogP contribution in [0.2, 0.25) is 0 Å². The van der Waals surface area contributed by atoms with Gasteiger partial charge in [-0.25, -0.2) is 4.98 Å². The number of ether oxygens (including phenoxy) is 1. The van der Waals surface area contributed by atoms with Crippen LogP contribution < -0.4 is 4.74 Å². The number of hydrogen-bond donors (Lipinski definition) is 1. The molecular weight excluding hydrogens is 336 g/mol. The molecule has 146 valence electrons. The fourth-order valence-electron chi connectivity index (χ4n) is 7.25. The first kappa shape index (κ1) is 17.7. The summed E-state index contributed by atoms with van der Waals surface area (Å²) in [5.74, 6) is 3.68. The molecule has 0 bridgehead atoms. The molecule has 1 aromatic heterocycles. The molecule has 0 radical (unpaired) electrons. The van der Waals surface area contributed by atoms with Gasteiger partial charge in [0, 0.05) is 11.0 Å². The lowest BCUT2D eigenvalue weighted by Crippen LogP contribution is -2.51. The number of aliphatic hydroxyl groups is 1. The predicted octanol–water partition coefficient (Wildman–Crippen LogP) is 4.13. The van der Waals surface area contributed by atoms with Crippen molar-refractivity contribution in [2.45, 2.75) is 77.2 Å². The molecule has 0 aromatic carbocycles. The Hall–Kier alpha value is -1.42. The molecule has 0 saturated heterocycles. The maximum atomic E-state index is 10.2. The Balaban J connectivity index is 1.55. The second kappa shape index (κ2) is 5.79. The van der Waals surface area contributed by atoms with E-state index in [1.54, 1.807) is 7.11 Å². The highest BCUT2D eigenvalue weighted by Gasteiger charge is 2.58. The number of hydrogen-bond acceptors (Lipinski definition) is 4. The Labute approximate surface area is 162 Å². The van der Waals surface area contributed by atoms with E-state index in [4.69, 9.17) is 9.72 Å². The first-order chi connectivity index (χ1) is 12.9. The Bertz CT molecular complexity index is 819. The monoisotopic (exact) mass is 368 g/mol. The first-order valence-corrected chi connectivity index (χ1v) is 10.7. The summed E-state index contributed by atoms with van der Waals surface area (Å²) in [6.45, 7) is 6.91. The maximum absolute atomic E-state index is 10.2. The van der Waals surface area contributed by atoms with Gasteiger partial charge in [0.2, 0.25) is 5.88 Å². The van der Waals surface area contributed by atoms with E-state index in [9.17, 15) is 5.11 Å². The van der Waals surface area contributed by atoms with Gasteiger partial charge in [-0.1, -0.05) is 25.5 Å². The molecule has 0 spiro atoms. The Morgan fingerprint density at radius 1 is 1.07 bits per heavy atom. The van der Waals surface area contributed by atoms with Crippen molar-refractivity contribution in [1.82, 2.24) is 9.97 Å². The molecule has 4 nitrogen and oxygen atoms in total. The molecule has 1 heterocycles. The lowest BCUT2D eigenvalue weighted by Gasteiger charge is -2.57. The Kier molecular flexibility index (Phi) is 3.79. The molecule has 6 atom stereocenters. The third kappa shape index (κ3) is 2.31. The van der Waals surface area contributed by atoms with Crippen molar-refractivity contribution in [2.75, 3.05) is 7.11 Å². The van der Waals surface area contributed by atoms with Gasteiger partial charge >= 0.3 is 0 Å². The summed E-state index contributed by atoms with van der Waals surface area (Å²) in [5.41, 5.74) is 4.48. The number of allylic oxidation sites excluding steroid dienone is 1. The van der Waals surface area contributed by atoms with E-state index >= 15 is 0 Å². The van der Waals surface area contributed by atoms with Crippen LogP contribution in [-0.4, -0.2) is 28.3 Å². The molecule has 0 amide bonds. The molecule has 5 rings (SSSR count). The van der Waals surface area contributed by atoms with E-state index in [1.165, 1.54) is 29.7 Å². The van der Waals surface area contributed by atoms with Crippen molar-refractivity contribution in [2.24, 2.45) is 23.2 Å². The number of nitrogens with zero attached hydrogens (tertiary/aromatic N) is 2. The molecule has 1 N–H and O–H groups in total. The summed E-state index contributed by atoms with van der Waals surface area (Å²) in [6.07, 6.45) is 10.0. The summed E-state index contributed by atoms with van der Waals surface area (Å²) in [5, 5.41) is 10.2. The summed E-state index contributed by atoms with van der Waals surface area (Å²) < 4.78 is 5.65. The van der Waals surface area contributed by atoms with Crippen molar-refractivity contribution >= 4 is 0 Å². The second-order valence-corrected chi connectivity index (χ2v) is 9.92. The molecule has 2 fully saturated rings. The molecule has 27 heavy (non-hydrogen) atoms. The topological polar surface area (TPSA) is 55.2 Å². The van der Waals surface area contributed by atoms with Crippen molar-refractivity contribution in [1.29, 1.82) is 0 Å². The minimum atomic E-state index is -0.132. The zero-order chi connectivity index (χ0) is 19.0. The predicted molar refractivity (Wildman–Crippen MR) is 105 cm³/mol. The van der Waals surface area contributed by atoms with Gasteiger partial charge in [0.05, 0.1) is 18.9 Å². The minimum Gasteiger partial charge on any atom is -0.481 e. The second-order valence-electron chi connectivity index (χ2n) is 9.92. The minimum absolute atomic E-state index is 0.132. The molecule has 0 aliphatic heterocycles. The van der Waals surface area contributed by atoms with Crippen LogP contribution in [0.3, 0.4) is 0 Å². The highest BCUT2D eigenvalue weighted by Crippen LogP contribution is 2.64. The number of aryl methyl sites for hydroxylation is 1. The van der Waals surface area contributed by atoms with Crippen LogP contribution in [0, 0.1) is 30.1 Å². The van der Waals surface area contributed by atoms with Crippen molar-refractivity contribution in [3.63, 3.8) is 0 Å². The van der Waals surface area contributed by atoms with Crippen LogP contribution in [0.4, 0.5) is 0 Å². The molecule has 4 aliphatic carbocycles. The molecule has 4 heteroatoms. The van der Waals surface area contributed by atoms with E-state index in [1.807, 2.05) is 6.92 Å². The Morgan fingerprint density at radius 2 is 1.85 bits per heavy atom. The highest BCUT2D eigenvalue weighted by atomic mass is 16.5. The van der Waals surface area contributed by atoms with Gasteiger partial charge in [-0.2, -0.15) is 4.98 Å². The third-order valence-corrected chi connectivity index (χ3v) is 8.71. The van der Waals surface area contributed by atoms with Crippen molar-refractivity contribution in [3.05, 3.63) is 28.7 Å². The van der Waals surface area contributed by atoms with Crippen molar-refractivity contribution in [3.8, 4) is 5.88 Å². The van der Waals surface area contributed by atoms with Crippen LogP contribution >= 0.6 is 0 Å². The molecule has 2 saturated carbocycles. The van der Waals surface area contributed by atoms with Gasteiger partial charge in [0.1, 0.15) is 5.82 Å². The summed E-state index contributed by atoms with van der Waals surface area (Å²) >= 11 is 0. The molecular formula is C23H32N2O2. The van der Waals surface area contributed by atoms with Gasteiger partial charge in [-0.05, 0) is 75.0 Å². The van der Waals surface area contributed by atoms with E-state index in [0.717, 1.165) is 49.7 Å². The SMILES string of the molecule is COc1nc(C)nc2c1C[C@H]1[C@@H]3CC=C4C[C@@H](O)CC[C@]4(C)[C@H]3CC[C@]21C. The number of fused-ring (bicyclic) bond motifs is 7. The standard InChI is InChI=1S/C23H32N2O2/c1-13-24-20-17(21(25-13)27-4)12-19-16-6-5-14-11-15(26)7-9-22(14,2)18(16)8-10-23(19,20)3/h5,15-16,18-19,26H,6-12H2,1-4H3/t15-,16+,18-,19-,22-,23-/m0/s1. The number of rotatable bonds is 1. The molecule has 0 unspecified atom stereocenters. The fourth-order valence-corrected chi connectivity index (χ4v) is 7.25. The maximum Gasteiger partial charge on any atom is 0.219 e. The van der Waals surface area contributed by atoms with Crippen LogP contribution in [0.5, 0.6) is 5.88 Å². The lowest BCUT2D eigenvalue weighted by atomic mass is 9.48. The quantitative estimate of drug-likeness (QED) is 0.757. The van der Waals surface area contributed by atoms with Crippen LogP contribution in [0.25, 0.3) is 0 Å². The van der Waals surface area contributed by atoms with Gasteiger partial charge < -0.3 is 9.84 Å². The van der Waals surface area contributed by atoms with Gasteiger partial charge in [0.15, 0.2) is 0 Å². The smallest absolute Gasteiger partial charge is 0.219 e. The Morgan fingerprint density at radius 3 is 2.63 bits per heavy atom. The van der Waals surface area contributed by atoms with Gasteiger partial charge in [-0.15, -0.1) is 0 Å². The average molecular weight is 369 g/mol. The zero-order valence-corrected chi connectivity index (χ0v) is 17.1. The first-order valence-electron chi connectivity index (χ1n) is 10.7. The van der Waals surface area contributed by atoms with Crippen LogP contribution in [0.15, 0.2) is 11.6 Å². The summed E-state index contributed by atoms with van der Waals surface area (Å²) in [7, 11) is 1.74. The van der Waals surface area contributed by atoms with E-state index in [0.29, 0.717) is 11.8 Å². The van der Waals surface area contributed by atoms with Gasteiger partial charge in [-0.3, -0.25) is 0 Å². The summed E-state index contributed by atoms with van der Waals surface area (Å²) in [4.78, 5) is 9.50. The average Bonchev–Trinajstić information content (AvgIpc) is 2.94. The van der Waals surface area contributed by atoms with E-state index in [2.05, 4.69) is 24.9 Å². The number of aromatic nitrogens is 2. The fraction of sp³-hybridized carbons (Fsp3) is 0.739. The normalized spacial score (nSPS) is 42.5. The van der Waals surface area contributed by atoms with Crippen molar-refractivity contribution < 1.29 is 9.84 Å². The largest absolute Gasteiger partial charge is 0.481 e. The number of methoxy groups -OCH3 is 1. The van der Waals surface area contributed by atoms with E-state index < -0.39 is 0 Å². The molecule has 4 aliphatic rings. The highest BCUT2D eigenvalue weighted by molar-refractivity contribution is 5.43. The number of aliphatic hydroxyl groups excluding tert-OH is 1. The van der Waals surface area contributed by atoms with Crippen LogP contribution in [-0.2, 0) is 11.8 Å². The third-order valence-electron chi connectivity index (χ3n) is 8.71. The lowest BCUT2D eigenvalue weighted by molar-refractivity contribution is -0.0170. The molecule has 1 aromatic rings.